The third-order valence-electron chi connectivity index (χ3n) is 1.99. The summed E-state index contributed by atoms with van der Waals surface area (Å²) in [5.74, 6) is -0.129. The molecule has 1 aliphatic rings. The molecule has 3 N–H and O–H groups in total. The lowest BCUT2D eigenvalue weighted by atomic mass is 10.0. The Morgan fingerprint density at radius 1 is 1.62 bits per heavy atom. The fourth-order valence-corrected chi connectivity index (χ4v) is 1.51. The highest BCUT2D eigenvalue weighted by Crippen LogP contribution is 2.17. The topological polar surface area (TPSA) is 78.8 Å². The summed E-state index contributed by atoms with van der Waals surface area (Å²) in [6, 6.07) is -0.0987. The second-order valence-corrected chi connectivity index (χ2v) is 3.26. The molecule has 0 aliphatic carbocycles. The fraction of sp³-hybridized carbons (Fsp3) is 0.875. The average molecular weight is 189 g/mol. The normalized spacial score (nSPS) is 34.2. The van der Waals surface area contributed by atoms with Crippen molar-refractivity contribution in [2.24, 2.45) is 0 Å². The van der Waals surface area contributed by atoms with Crippen LogP contribution in [0.2, 0.25) is 0 Å². The molecule has 0 saturated carbocycles. The molecule has 5 heteroatoms. The molecule has 13 heavy (non-hydrogen) atoms. The lowest BCUT2D eigenvalue weighted by molar-refractivity contribution is -0.179. The minimum atomic E-state index is -0.886. The molecular formula is C8H15NO4. The maximum Gasteiger partial charge on any atom is 0.217 e. The summed E-state index contributed by atoms with van der Waals surface area (Å²) >= 11 is 0. The van der Waals surface area contributed by atoms with Crippen molar-refractivity contribution in [3.05, 3.63) is 0 Å². The van der Waals surface area contributed by atoms with Crippen molar-refractivity contribution >= 4 is 5.91 Å². The summed E-state index contributed by atoms with van der Waals surface area (Å²) in [4.78, 5) is 10.7. The maximum atomic E-state index is 10.7. The highest BCUT2D eigenvalue weighted by atomic mass is 16.6. The van der Waals surface area contributed by atoms with E-state index in [9.17, 15) is 9.90 Å². The van der Waals surface area contributed by atoms with E-state index in [-0.39, 0.29) is 24.7 Å². The lowest BCUT2D eigenvalue weighted by Gasteiger charge is -2.32. The summed E-state index contributed by atoms with van der Waals surface area (Å²) in [6.07, 6.45) is -0.327. The number of aliphatic hydroxyl groups is 2. The van der Waals surface area contributed by atoms with Gasteiger partial charge in [0.05, 0.1) is 12.7 Å². The summed E-state index contributed by atoms with van der Waals surface area (Å²) in [7, 11) is 0. The maximum absolute atomic E-state index is 10.7. The summed E-state index contributed by atoms with van der Waals surface area (Å²) in [5.41, 5.74) is 0. The van der Waals surface area contributed by atoms with Crippen molar-refractivity contribution in [2.45, 2.75) is 38.2 Å². The summed E-state index contributed by atoms with van der Waals surface area (Å²) in [6.45, 7) is 1.29. The van der Waals surface area contributed by atoms with Gasteiger partial charge in [0.1, 0.15) is 0 Å². The van der Waals surface area contributed by atoms with Crippen LogP contribution in [0.1, 0.15) is 19.8 Å². The Hall–Kier alpha value is -0.650. The molecule has 1 fully saturated rings. The molecule has 0 aromatic carbocycles. The van der Waals surface area contributed by atoms with Crippen LogP contribution in [0.5, 0.6) is 0 Å². The van der Waals surface area contributed by atoms with Gasteiger partial charge >= 0.3 is 0 Å². The minimum Gasteiger partial charge on any atom is -0.394 e. The van der Waals surface area contributed by atoms with E-state index in [2.05, 4.69) is 5.32 Å². The molecule has 0 aromatic rings. The molecule has 3 unspecified atom stereocenters. The van der Waals surface area contributed by atoms with Gasteiger partial charge in [0.25, 0.3) is 0 Å². The molecule has 3 atom stereocenters. The van der Waals surface area contributed by atoms with E-state index in [0.29, 0.717) is 12.8 Å². The zero-order chi connectivity index (χ0) is 9.84. The van der Waals surface area contributed by atoms with E-state index >= 15 is 0 Å². The van der Waals surface area contributed by atoms with Gasteiger partial charge in [-0.2, -0.15) is 0 Å². The number of nitrogens with one attached hydrogen (secondary N) is 1. The van der Waals surface area contributed by atoms with Crippen molar-refractivity contribution in [3.63, 3.8) is 0 Å². The quantitative estimate of drug-likeness (QED) is 0.519. The van der Waals surface area contributed by atoms with Crippen LogP contribution >= 0.6 is 0 Å². The predicted octanol–water partition coefficient (Wildman–Crippen LogP) is -1.02. The first-order valence-corrected chi connectivity index (χ1v) is 4.33. The van der Waals surface area contributed by atoms with Crippen molar-refractivity contribution in [3.8, 4) is 0 Å². The van der Waals surface area contributed by atoms with Crippen molar-refractivity contribution < 1.29 is 19.7 Å². The molecule has 1 amide bonds. The first-order chi connectivity index (χ1) is 6.11. The van der Waals surface area contributed by atoms with Gasteiger partial charge in [-0.1, -0.05) is 0 Å². The number of aliphatic hydroxyl groups excluding tert-OH is 2. The SMILES string of the molecule is CC(=O)NC1CC(O)OC(CO)C1. The van der Waals surface area contributed by atoms with Crippen LogP contribution in [-0.2, 0) is 9.53 Å². The highest BCUT2D eigenvalue weighted by Gasteiger charge is 2.28. The molecule has 0 spiro atoms. The van der Waals surface area contributed by atoms with Gasteiger partial charge in [-0.3, -0.25) is 4.79 Å². The number of amides is 1. The first-order valence-electron chi connectivity index (χ1n) is 4.33. The van der Waals surface area contributed by atoms with Crippen LogP contribution in [0.3, 0.4) is 0 Å². The lowest BCUT2D eigenvalue weighted by Crippen LogP contribution is -2.45. The molecular weight excluding hydrogens is 174 g/mol. The second kappa shape index (κ2) is 4.55. The van der Waals surface area contributed by atoms with E-state index in [0.717, 1.165) is 0 Å². The molecule has 1 heterocycles. The Bertz CT molecular complexity index is 185. The second-order valence-electron chi connectivity index (χ2n) is 3.26. The Morgan fingerprint density at radius 2 is 2.31 bits per heavy atom. The van der Waals surface area contributed by atoms with Gasteiger partial charge in [-0.15, -0.1) is 0 Å². The van der Waals surface area contributed by atoms with Crippen LogP contribution in [-0.4, -0.2) is 41.2 Å². The molecule has 0 bridgehead atoms. The molecule has 76 valence electrons. The average Bonchev–Trinajstić information content (AvgIpc) is 2.01. The van der Waals surface area contributed by atoms with Crippen LogP contribution in [0.25, 0.3) is 0 Å². The number of hydrogen-bond donors (Lipinski definition) is 3. The zero-order valence-corrected chi connectivity index (χ0v) is 7.56. The van der Waals surface area contributed by atoms with E-state index < -0.39 is 6.29 Å². The fourth-order valence-electron chi connectivity index (χ4n) is 1.51. The summed E-state index contributed by atoms with van der Waals surface area (Å²) in [5, 5.41) is 20.7. The molecule has 1 saturated heterocycles. The van der Waals surface area contributed by atoms with Gasteiger partial charge in [-0.05, 0) is 6.42 Å². The van der Waals surface area contributed by atoms with E-state index in [1.54, 1.807) is 0 Å². The Balaban J connectivity index is 2.42. The highest BCUT2D eigenvalue weighted by molar-refractivity contribution is 5.73. The van der Waals surface area contributed by atoms with E-state index in [1.807, 2.05) is 0 Å². The number of carbonyl (C=O) groups is 1. The van der Waals surface area contributed by atoms with Crippen LogP contribution in [0.4, 0.5) is 0 Å². The van der Waals surface area contributed by atoms with Crippen LogP contribution in [0, 0.1) is 0 Å². The molecule has 1 rings (SSSR count). The number of hydrogen-bond acceptors (Lipinski definition) is 4. The monoisotopic (exact) mass is 189 g/mol. The van der Waals surface area contributed by atoms with Crippen LogP contribution in [0.15, 0.2) is 0 Å². The van der Waals surface area contributed by atoms with E-state index in [4.69, 9.17) is 9.84 Å². The molecule has 0 radical (unpaired) electrons. The van der Waals surface area contributed by atoms with Crippen molar-refractivity contribution in [1.82, 2.24) is 5.32 Å². The standard InChI is InChI=1S/C8H15NO4/c1-5(11)9-6-2-7(4-10)13-8(12)3-6/h6-8,10,12H,2-4H2,1H3,(H,9,11). The largest absolute Gasteiger partial charge is 0.394 e. The van der Waals surface area contributed by atoms with Gasteiger partial charge in [0.2, 0.25) is 5.91 Å². The molecule has 5 nitrogen and oxygen atoms in total. The van der Waals surface area contributed by atoms with Gasteiger partial charge in [-0.25, -0.2) is 0 Å². The summed E-state index contributed by atoms with van der Waals surface area (Å²) < 4.78 is 5.00. The Morgan fingerprint density at radius 3 is 2.85 bits per heavy atom. The first kappa shape index (κ1) is 10.4. The number of rotatable bonds is 2. The Labute approximate surface area is 76.7 Å². The number of ether oxygens (including phenoxy) is 1. The smallest absolute Gasteiger partial charge is 0.217 e. The number of carbonyl (C=O) groups excluding carboxylic acids is 1. The van der Waals surface area contributed by atoms with Gasteiger partial charge in [0.15, 0.2) is 6.29 Å². The van der Waals surface area contributed by atoms with Gasteiger partial charge < -0.3 is 20.3 Å². The minimum absolute atomic E-state index is 0.0987. The third kappa shape index (κ3) is 3.30. The molecule has 0 aromatic heterocycles. The van der Waals surface area contributed by atoms with Gasteiger partial charge in [0, 0.05) is 19.4 Å². The third-order valence-corrected chi connectivity index (χ3v) is 1.99. The molecule has 1 aliphatic heterocycles. The van der Waals surface area contributed by atoms with Crippen molar-refractivity contribution in [2.75, 3.05) is 6.61 Å². The Kier molecular flexibility index (Phi) is 3.65. The zero-order valence-electron chi connectivity index (χ0n) is 7.56. The van der Waals surface area contributed by atoms with Crippen molar-refractivity contribution in [1.29, 1.82) is 0 Å². The predicted molar refractivity (Wildman–Crippen MR) is 44.8 cm³/mol. The van der Waals surface area contributed by atoms with E-state index in [1.165, 1.54) is 6.92 Å². The van der Waals surface area contributed by atoms with Crippen LogP contribution < -0.4 is 5.32 Å².